The SMILES string of the molecule is CC(C)NCC(=O)NC[C@H](Nc1ccc(C(F)(F)F)cc1)C(C)C. The zero-order chi connectivity index (χ0) is 18.3. The Hall–Kier alpha value is -1.76. The third kappa shape index (κ3) is 7.21. The first kappa shape index (κ1) is 20.3. The van der Waals surface area contributed by atoms with Gasteiger partial charge in [-0.25, -0.2) is 0 Å². The Morgan fingerprint density at radius 2 is 1.67 bits per heavy atom. The van der Waals surface area contributed by atoms with E-state index in [1.807, 2.05) is 27.7 Å². The van der Waals surface area contributed by atoms with Crippen LogP contribution in [0.4, 0.5) is 18.9 Å². The van der Waals surface area contributed by atoms with Crippen LogP contribution in [0.5, 0.6) is 0 Å². The van der Waals surface area contributed by atoms with Crippen LogP contribution in [0.2, 0.25) is 0 Å². The number of alkyl halides is 3. The molecule has 0 heterocycles. The summed E-state index contributed by atoms with van der Waals surface area (Å²) in [7, 11) is 0. The van der Waals surface area contributed by atoms with E-state index in [9.17, 15) is 18.0 Å². The van der Waals surface area contributed by atoms with Crippen molar-refractivity contribution in [3.8, 4) is 0 Å². The minimum absolute atomic E-state index is 0.0789. The molecule has 7 heteroatoms. The van der Waals surface area contributed by atoms with Gasteiger partial charge in [0.2, 0.25) is 5.91 Å². The Balaban J connectivity index is 2.58. The van der Waals surface area contributed by atoms with Crippen LogP contribution in [0.15, 0.2) is 24.3 Å². The van der Waals surface area contributed by atoms with Gasteiger partial charge in [0, 0.05) is 24.3 Å². The molecule has 0 aliphatic carbocycles. The van der Waals surface area contributed by atoms with Crippen LogP contribution in [0, 0.1) is 5.92 Å². The van der Waals surface area contributed by atoms with Gasteiger partial charge in [0.15, 0.2) is 0 Å². The lowest BCUT2D eigenvalue weighted by molar-refractivity contribution is -0.137. The number of benzene rings is 1. The largest absolute Gasteiger partial charge is 0.416 e. The third-order valence-electron chi connectivity index (χ3n) is 3.56. The number of hydrogen-bond donors (Lipinski definition) is 3. The number of carbonyl (C=O) groups is 1. The summed E-state index contributed by atoms with van der Waals surface area (Å²) in [6, 6.07) is 5.04. The molecular formula is C17H26F3N3O. The minimum atomic E-state index is -4.34. The Morgan fingerprint density at radius 3 is 2.12 bits per heavy atom. The van der Waals surface area contributed by atoms with Crippen molar-refractivity contribution < 1.29 is 18.0 Å². The molecule has 0 bridgehead atoms. The standard InChI is InChI=1S/C17H26F3N3O/c1-11(2)15(9-22-16(24)10-21-12(3)4)23-14-7-5-13(6-8-14)17(18,19)20/h5-8,11-12,15,21,23H,9-10H2,1-4H3,(H,22,24)/t15-/m0/s1. The van der Waals surface area contributed by atoms with E-state index in [0.29, 0.717) is 12.2 Å². The molecule has 0 saturated heterocycles. The molecule has 0 aromatic heterocycles. The molecule has 0 unspecified atom stereocenters. The lowest BCUT2D eigenvalue weighted by atomic mass is 10.0. The number of amides is 1. The van der Waals surface area contributed by atoms with Gasteiger partial charge in [0.25, 0.3) is 0 Å². The topological polar surface area (TPSA) is 53.2 Å². The average molecular weight is 345 g/mol. The molecule has 136 valence electrons. The molecule has 1 aromatic rings. The van der Waals surface area contributed by atoms with Gasteiger partial charge in [-0.1, -0.05) is 27.7 Å². The van der Waals surface area contributed by atoms with E-state index < -0.39 is 11.7 Å². The van der Waals surface area contributed by atoms with E-state index in [4.69, 9.17) is 0 Å². The molecule has 1 amide bonds. The average Bonchev–Trinajstić information content (AvgIpc) is 2.48. The number of carbonyl (C=O) groups excluding carboxylic acids is 1. The second-order valence-electron chi connectivity index (χ2n) is 6.41. The molecule has 0 fully saturated rings. The zero-order valence-corrected chi connectivity index (χ0v) is 14.5. The number of halogens is 3. The highest BCUT2D eigenvalue weighted by Crippen LogP contribution is 2.30. The van der Waals surface area contributed by atoms with Gasteiger partial charge in [0.05, 0.1) is 12.1 Å². The van der Waals surface area contributed by atoms with Crippen molar-refractivity contribution in [3.63, 3.8) is 0 Å². The third-order valence-corrected chi connectivity index (χ3v) is 3.56. The second kappa shape index (κ2) is 8.92. The maximum Gasteiger partial charge on any atom is 0.416 e. The zero-order valence-electron chi connectivity index (χ0n) is 14.5. The van der Waals surface area contributed by atoms with Gasteiger partial charge >= 0.3 is 6.18 Å². The molecular weight excluding hydrogens is 319 g/mol. The molecule has 0 saturated carbocycles. The van der Waals surface area contributed by atoms with Gasteiger partial charge in [0.1, 0.15) is 0 Å². The van der Waals surface area contributed by atoms with Crippen molar-refractivity contribution in [1.29, 1.82) is 0 Å². The fourth-order valence-electron chi connectivity index (χ4n) is 2.01. The first-order valence-electron chi connectivity index (χ1n) is 8.03. The molecule has 3 N–H and O–H groups in total. The van der Waals surface area contributed by atoms with Gasteiger partial charge in [-0.2, -0.15) is 13.2 Å². The predicted molar refractivity (Wildman–Crippen MR) is 89.8 cm³/mol. The fourth-order valence-corrected chi connectivity index (χ4v) is 2.01. The van der Waals surface area contributed by atoms with Crippen LogP contribution in [-0.2, 0) is 11.0 Å². The fraction of sp³-hybridized carbons (Fsp3) is 0.588. The number of nitrogens with one attached hydrogen (secondary N) is 3. The summed E-state index contributed by atoms with van der Waals surface area (Å²) in [5.41, 5.74) is -0.0848. The van der Waals surface area contributed by atoms with Crippen molar-refractivity contribution in [2.45, 2.75) is 46.0 Å². The predicted octanol–water partition coefficient (Wildman–Crippen LogP) is 3.26. The monoisotopic (exact) mass is 345 g/mol. The summed E-state index contributed by atoms with van der Waals surface area (Å²) in [6.45, 7) is 8.52. The van der Waals surface area contributed by atoms with E-state index in [0.717, 1.165) is 12.1 Å². The highest BCUT2D eigenvalue weighted by Gasteiger charge is 2.30. The summed E-state index contributed by atoms with van der Waals surface area (Å²) in [5, 5.41) is 9.04. The second-order valence-corrected chi connectivity index (χ2v) is 6.41. The smallest absolute Gasteiger partial charge is 0.380 e. The van der Waals surface area contributed by atoms with Crippen LogP contribution in [0.1, 0.15) is 33.3 Å². The van der Waals surface area contributed by atoms with E-state index in [1.165, 1.54) is 12.1 Å². The van der Waals surface area contributed by atoms with E-state index in [-0.39, 0.29) is 30.5 Å². The van der Waals surface area contributed by atoms with Crippen molar-refractivity contribution in [2.24, 2.45) is 5.92 Å². The van der Waals surface area contributed by atoms with Crippen LogP contribution >= 0.6 is 0 Å². The van der Waals surface area contributed by atoms with Gasteiger partial charge in [-0.05, 0) is 30.2 Å². The lowest BCUT2D eigenvalue weighted by Crippen LogP contribution is -2.43. The minimum Gasteiger partial charge on any atom is -0.380 e. The van der Waals surface area contributed by atoms with Crippen LogP contribution in [0.3, 0.4) is 0 Å². The molecule has 1 rings (SSSR count). The van der Waals surface area contributed by atoms with E-state index in [2.05, 4.69) is 16.0 Å². The summed E-state index contributed by atoms with van der Waals surface area (Å²) < 4.78 is 37.7. The molecule has 1 aromatic carbocycles. The Bertz CT molecular complexity index is 513. The Labute approximate surface area is 141 Å². The molecule has 1 atom stereocenters. The van der Waals surface area contributed by atoms with E-state index in [1.54, 1.807) is 0 Å². The molecule has 0 aliphatic heterocycles. The maximum atomic E-state index is 12.6. The quantitative estimate of drug-likeness (QED) is 0.678. The number of rotatable bonds is 8. The van der Waals surface area contributed by atoms with Gasteiger partial charge < -0.3 is 16.0 Å². The highest BCUT2D eigenvalue weighted by molar-refractivity contribution is 5.78. The first-order chi connectivity index (χ1) is 11.1. The normalized spacial score (nSPS) is 13.2. The first-order valence-corrected chi connectivity index (χ1v) is 8.03. The van der Waals surface area contributed by atoms with Crippen molar-refractivity contribution in [3.05, 3.63) is 29.8 Å². The number of hydrogen-bond acceptors (Lipinski definition) is 3. The summed E-state index contributed by atoms with van der Waals surface area (Å²) in [4.78, 5) is 11.8. The van der Waals surface area contributed by atoms with Crippen LogP contribution in [-0.4, -0.2) is 31.1 Å². The van der Waals surface area contributed by atoms with Crippen molar-refractivity contribution in [1.82, 2.24) is 10.6 Å². The van der Waals surface area contributed by atoms with E-state index >= 15 is 0 Å². The van der Waals surface area contributed by atoms with Crippen molar-refractivity contribution in [2.75, 3.05) is 18.4 Å². The molecule has 0 radical (unpaired) electrons. The lowest BCUT2D eigenvalue weighted by Gasteiger charge is -2.24. The van der Waals surface area contributed by atoms with Crippen molar-refractivity contribution >= 4 is 11.6 Å². The van der Waals surface area contributed by atoms with Gasteiger partial charge in [-0.15, -0.1) is 0 Å². The maximum absolute atomic E-state index is 12.6. The summed E-state index contributed by atoms with van der Waals surface area (Å²) in [6.07, 6.45) is -4.34. The van der Waals surface area contributed by atoms with Gasteiger partial charge in [-0.3, -0.25) is 4.79 Å². The number of anilines is 1. The molecule has 4 nitrogen and oxygen atoms in total. The molecule has 0 spiro atoms. The summed E-state index contributed by atoms with van der Waals surface area (Å²) >= 11 is 0. The summed E-state index contributed by atoms with van der Waals surface area (Å²) in [5.74, 6) is 0.0919. The van der Waals surface area contributed by atoms with Crippen LogP contribution < -0.4 is 16.0 Å². The highest BCUT2D eigenvalue weighted by atomic mass is 19.4. The van der Waals surface area contributed by atoms with Crippen LogP contribution in [0.25, 0.3) is 0 Å². The molecule has 24 heavy (non-hydrogen) atoms. The Kier molecular flexibility index (Phi) is 7.54. The Morgan fingerprint density at radius 1 is 1.08 bits per heavy atom. The molecule has 0 aliphatic rings.